The molecule has 0 amide bonds. The molecular formula is C15H25NO2. The van der Waals surface area contributed by atoms with Gasteiger partial charge in [0.1, 0.15) is 0 Å². The molecule has 0 radical (unpaired) electrons. The van der Waals surface area contributed by atoms with Crippen LogP contribution in [0.25, 0.3) is 0 Å². The van der Waals surface area contributed by atoms with Crippen LogP contribution in [0.1, 0.15) is 51.9 Å². The standard InChI is InChI=1S/C15H25NO2/c1-2-18-14(17)11-4-3-7-15(9-11)12-6-5-10(8-12)13(15)16/h10-13H,2-9,16H2,1H3/t10?,11?,12-,13+,15?/m0/s1. The van der Waals surface area contributed by atoms with Crippen molar-refractivity contribution in [2.45, 2.75) is 57.9 Å². The molecule has 0 saturated heterocycles. The molecule has 1 spiro atoms. The molecule has 3 unspecified atom stereocenters. The predicted octanol–water partition coefficient (Wildman–Crippen LogP) is 2.48. The largest absolute Gasteiger partial charge is 0.466 e. The number of nitrogens with two attached hydrogens (primary N) is 1. The summed E-state index contributed by atoms with van der Waals surface area (Å²) in [5.41, 5.74) is 6.79. The van der Waals surface area contributed by atoms with E-state index in [9.17, 15) is 4.79 Å². The molecule has 3 fully saturated rings. The summed E-state index contributed by atoms with van der Waals surface area (Å²) in [6, 6.07) is 0.341. The molecule has 3 rings (SSSR count). The second kappa shape index (κ2) is 4.52. The van der Waals surface area contributed by atoms with Crippen LogP contribution in [-0.2, 0) is 9.53 Å². The highest BCUT2D eigenvalue weighted by Gasteiger charge is 2.58. The molecule has 3 saturated carbocycles. The van der Waals surface area contributed by atoms with E-state index < -0.39 is 0 Å². The Morgan fingerprint density at radius 3 is 2.89 bits per heavy atom. The molecule has 3 nitrogen and oxygen atoms in total. The summed E-state index contributed by atoms with van der Waals surface area (Å²) in [6.07, 6.45) is 8.37. The Morgan fingerprint density at radius 2 is 2.22 bits per heavy atom. The van der Waals surface area contributed by atoms with Gasteiger partial charge in [-0.1, -0.05) is 6.42 Å². The third-order valence-corrected chi connectivity index (χ3v) is 5.90. The van der Waals surface area contributed by atoms with E-state index in [0.29, 0.717) is 12.6 Å². The summed E-state index contributed by atoms with van der Waals surface area (Å²) in [5, 5.41) is 0. The summed E-state index contributed by atoms with van der Waals surface area (Å²) < 4.78 is 5.22. The Morgan fingerprint density at radius 1 is 1.39 bits per heavy atom. The summed E-state index contributed by atoms with van der Waals surface area (Å²) in [4.78, 5) is 12.0. The molecule has 3 aliphatic rings. The van der Waals surface area contributed by atoms with Crippen LogP contribution in [0.5, 0.6) is 0 Å². The predicted molar refractivity (Wildman–Crippen MR) is 69.8 cm³/mol. The van der Waals surface area contributed by atoms with Crippen LogP contribution in [0.3, 0.4) is 0 Å². The van der Waals surface area contributed by atoms with Crippen LogP contribution in [-0.4, -0.2) is 18.6 Å². The smallest absolute Gasteiger partial charge is 0.308 e. The van der Waals surface area contributed by atoms with Gasteiger partial charge in [0.05, 0.1) is 12.5 Å². The van der Waals surface area contributed by atoms with Gasteiger partial charge in [-0.05, 0) is 62.7 Å². The van der Waals surface area contributed by atoms with Gasteiger partial charge < -0.3 is 10.5 Å². The highest BCUT2D eigenvalue weighted by Crippen LogP contribution is 2.61. The van der Waals surface area contributed by atoms with E-state index in [0.717, 1.165) is 31.1 Å². The lowest BCUT2D eigenvalue weighted by molar-refractivity contribution is -0.151. The maximum Gasteiger partial charge on any atom is 0.308 e. The summed E-state index contributed by atoms with van der Waals surface area (Å²) in [5.74, 6) is 1.65. The minimum absolute atomic E-state index is 0.0200. The van der Waals surface area contributed by atoms with Crippen LogP contribution >= 0.6 is 0 Å². The van der Waals surface area contributed by atoms with Crippen LogP contribution in [0.15, 0.2) is 0 Å². The lowest BCUT2D eigenvalue weighted by atomic mass is 9.59. The van der Waals surface area contributed by atoms with Crippen LogP contribution in [0.2, 0.25) is 0 Å². The zero-order valence-electron chi connectivity index (χ0n) is 11.4. The first-order valence-electron chi connectivity index (χ1n) is 7.59. The van der Waals surface area contributed by atoms with E-state index >= 15 is 0 Å². The maximum atomic E-state index is 12.0. The number of carbonyl (C=O) groups is 1. The molecule has 2 bridgehead atoms. The zero-order chi connectivity index (χ0) is 12.8. The number of rotatable bonds is 2. The third-order valence-electron chi connectivity index (χ3n) is 5.90. The van der Waals surface area contributed by atoms with Gasteiger partial charge in [0.2, 0.25) is 0 Å². The Balaban J connectivity index is 1.75. The first-order chi connectivity index (χ1) is 8.67. The van der Waals surface area contributed by atoms with Crippen molar-refractivity contribution in [2.24, 2.45) is 28.9 Å². The van der Waals surface area contributed by atoms with E-state index in [4.69, 9.17) is 10.5 Å². The molecule has 0 heterocycles. The first-order valence-corrected chi connectivity index (χ1v) is 7.59. The molecular weight excluding hydrogens is 226 g/mol. The third kappa shape index (κ3) is 1.70. The quantitative estimate of drug-likeness (QED) is 0.767. The number of hydrogen-bond acceptors (Lipinski definition) is 3. The summed E-state index contributed by atoms with van der Waals surface area (Å²) >= 11 is 0. The average Bonchev–Trinajstić information content (AvgIpc) is 2.94. The van der Waals surface area contributed by atoms with Gasteiger partial charge in [0.25, 0.3) is 0 Å². The zero-order valence-corrected chi connectivity index (χ0v) is 11.4. The van der Waals surface area contributed by atoms with Crippen molar-refractivity contribution < 1.29 is 9.53 Å². The number of ether oxygens (including phenoxy) is 1. The molecule has 3 heteroatoms. The molecule has 2 N–H and O–H groups in total. The van der Waals surface area contributed by atoms with Crippen LogP contribution < -0.4 is 5.73 Å². The Bertz CT molecular complexity index is 339. The molecule has 18 heavy (non-hydrogen) atoms. The highest BCUT2D eigenvalue weighted by atomic mass is 16.5. The minimum atomic E-state index is 0.0200. The normalized spacial score (nSPS) is 46.6. The Hall–Kier alpha value is -0.570. The van der Waals surface area contributed by atoms with Crippen LogP contribution in [0.4, 0.5) is 0 Å². The van der Waals surface area contributed by atoms with Gasteiger partial charge in [-0.3, -0.25) is 4.79 Å². The topological polar surface area (TPSA) is 52.3 Å². The second-order valence-corrected chi connectivity index (χ2v) is 6.57. The number of fused-ring (bicyclic) bond motifs is 3. The molecule has 0 aromatic heterocycles. The van der Waals surface area contributed by atoms with E-state index in [1.165, 1.54) is 25.7 Å². The number of hydrogen-bond donors (Lipinski definition) is 1. The molecule has 3 aliphatic carbocycles. The van der Waals surface area contributed by atoms with Crippen molar-refractivity contribution in [2.75, 3.05) is 6.61 Å². The molecule has 0 aromatic rings. The van der Waals surface area contributed by atoms with Crippen molar-refractivity contribution in [3.05, 3.63) is 0 Å². The Labute approximate surface area is 109 Å². The van der Waals surface area contributed by atoms with Gasteiger partial charge in [-0.15, -0.1) is 0 Å². The van der Waals surface area contributed by atoms with Crippen molar-refractivity contribution in [1.82, 2.24) is 0 Å². The lowest BCUT2D eigenvalue weighted by Gasteiger charge is -2.47. The van der Waals surface area contributed by atoms with Crippen molar-refractivity contribution in [3.8, 4) is 0 Å². The van der Waals surface area contributed by atoms with E-state index in [2.05, 4.69) is 0 Å². The van der Waals surface area contributed by atoms with Crippen molar-refractivity contribution >= 4 is 5.97 Å². The number of esters is 1. The van der Waals surface area contributed by atoms with Gasteiger partial charge in [-0.25, -0.2) is 0 Å². The van der Waals surface area contributed by atoms with Crippen molar-refractivity contribution in [3.63, 3.8) is 0 Å². The van der Waals surface area contributed by atoms with Gasteiger partial charge in [-0.2, -0.15) is 0 Å². The van der Waals surface area contributed by atoms with E-state index in [-0.39, 0.29) is 17.3 Å². The van der Waals surface area contributed by atoms with Crippen LogP contribution in [0, 0.1) is 23.2 Å². The monoisotopic (exact) mass is 251 g/mol. The Kier molecular flexibility index (Phi) is 3.13. The highest BCUT2D eigenvalue weighted by molar-refractivity contribution is 5.72. The second-order valence-electron chi connectivity index (χ2n) is 6.57. The summed E-state index contributed by atoms with van der Waals surface area (Å²) in [6.45, 7) is 2.39. The fourth-order valence-electron chi connectivity index (χ4n) is 5.08. The van der Waals surface area contributed by atoms with Gasteiger partial charge in [0, 0.05) is 6.04 Å². The molecule has 5 atom stereocenters. The fraction of sp³-hybridized carbons (Fsp3) is 0.933. The maximum absolute atomic E-state index is 12.0. The molecule has 102 valence electrons. The van der Waals surface area contributed by atoms with Gasteiger partial charge >= 0.3 is 5.97 Å². The van der Waals surface area contributed by atoms with E-state index in [1.807, 2.05) is 6.92 Å². The summed E-state index contributed by atoms with van der Waals surface area (Å²) in [7, 11) is 0. The SMILES string of the molecule is CCOC(=O)C1CCCC2(C1)[C@H]1CCC(C1)[C@H]2N. The first kappa shape index (κ1) is 12.5. The average molecular weight is 251 g/mol. The fourth-order valence-corrected chi connectivity index (χ4v) is 5.08. The lowest BCUT2D eigenvalue weighted by Crippen LogP contribution is -2.49. The minimum Gasteiger partial charge on any atom is -0.466 e. The molecule has 0 aliphatic heterocycles. The van der Waals surface area contributed by atoms with Crippen molar-refractivity contribution in [1.29, 1.82) is 0 Å². The number of carbonyl (C=O) groups excluding carboxylic acids is 1. The van der Waals surface area contributed by atoms with Gasteiger partial charge in [0.15, 0.2) is 0 Å². The molecule has 0 aromatic carbocycles. The van der Waals surface area contributed by atoms with E-state index in [1.54, 1.807) is 0 Å².